The van der Waals surface area contributed by atoms with Crippen molar-refractivity contribution in [2.45, 2.75) is 39.3 Å². The van der Waals surface area contributed by atoms with Crippen molar-refractivity contribution >= 4 is 23.2 Å². The standard InChI is InChI=1S/C16H21Cl2N3/c1-3-9-19-15(10-12-5-7-13(17)8-6-12)16-14(18)11-20-21(16)4-2/h5-8,11,15,19H,3-4,9-10H2,1-2H3. The minimum absolute atomic E-state index is 0.154. The molecule has 0 bridgehead atoms. The van der Waals surface area contributed by atoms with E-state index in [0.717, 1.165) is 41.7 Å². The van der Waals surface area contributed by atoms with E-state index in [1.165, 1.54) is 5.56 Å². The van der Waals surface area contributed by atoms with Gasteiger partial charge >= 0.3 is 0 Å². The predicted octanol–water partition coefficient (Wildman–Crippen LogP) is 4.49. The van der Waals surface area contributed by atoms with Crippen LogP contribution in [0.4, 0.5) is 0 Å². The summed E-state index contributed by atoms with van der Waals surface area (Å²) in [6.45, 7) is 5.99. The van der Waals surface area contributed by atoms with Gasteiger partial charge < -0.3 is 5.32 Å². The zero-order chi connectivity index (χ0) is 15.2. The lowest BCUT2D eigenvalue weighted by molar-refractivity contribution is 0.479. The van der Waals surface area contributed by atoms with Gasteiger partial charge in [0.15, 0.2) is 0 Å². The first-order chi connectivity index (χ1) is 10.2. The third kappa shape index (κ3) is 4.22. The summed E-state index contributed by atoms with van der Waals surface area (Å²) in [4.78, 5) is 0. The van der Waals surface area contributed by atoms with Gasteiger partial charge in [-0.25, -0.2) is 0 Å². The average molecular weight is 326 g/mol. The number of hydrogen-bond acceptors (Lipinski definition) is 2. The molecule has 5 heteroatoms. The lowest BCUT2D eigenvalue weighted by Crippen LogP contribution is -2.27. The van der Waals surface area contributed by atoms with Crippen molar-refractivity contribution in [1.82, 2.24) is 15.1 Å². The number of benzene rings is 1. The first-order valence-electron chi connectivity index (χ1n) is 7.34. The zero-order valence-electron chi connectivity index (χ0n) is 12.4. The van der Waals surface area contributed by atoms with Gasteiger partial charge in [-0.3, -0.25) is 4.68 Å². The summed E-state index contributed by atoms with van der Waals surface area (Å²) in [6, 6.07) is 8.12. The monoisotopic (exact) mass is 325 g/mol. The van der Waals surface area contributed by atoms with Gasteiger partial charge in [-0.15, -0.1) is 0 Å². The number of aromatic nitrogens is 2. The van der Waals surface area contributed by atoms with Crippen LogP contribution in [-0.4, -0.2) is 16.3 Å². The highest BCUT2D eigenvalue weighted by atomic mass is 35.5. The van der Waals surface area contributed by atoms with Crippen molar-refractivity contribution in [1.29, 1.82) is 0 Å². The molecule has 1 N–H and O–H groups in total. The van der Waals surface area contributed by atoms with E-state index in [0.29, 0.717) is 0 Å². The van der Waals surface area contributed by atoms with E-state index in [-0.39, 0.29) is 6.04 Å². The fourth-order valence-corrected chi connectivity index (χ4v) is 2.81. The maximum Gasteiger partial charge on any atom is 0.0834 e. The number of nitrogens with zero attached hydrogens (tertiary/aromatic N) is 2. The van der Waals surface area contributed by atoms with Crippen LogP contribution in [0.1, 0.15) is 37.6 Å². The molecule has 1 aromatic carbocycles. The smallest absolute Gasteiger partial charge is 0.0834 e. The minimum atomic E-state index is 0.154. The highest BCUT2D eigenvalue weighted by molar-refractivity contribution is 6.31. The lowest BCUT2D eigenvalue weighted by atomic mass is 10.0. The van der Waals surface area contributed by atoms with Crippen LogP contribution in [-0.2, 0) is 13.0 Å². The molecule has 114 valence electrons. The number of nitrogens with one attached hydrogen (secondary N) is 1. The van der Waals surface area contributed by atoms with Gasteiger partial charge in [0.2, 0.25) is 0 Å². The molecule has 21 heavy (non-hydrogen) atoms. The molecule has 1 atom stereocenters. The van der Waals surface area contributed by atoms with Crippen molar-refractivity contribution in [2.75, 3.05) is 6.54 Å². The Bertz CT molecular complexity index is 563. The first-order valence-corrected chi connectivity index (χ1v) is 8.10. The van der Waals surface area contributed by atoms with Crippen LogP contribution in [0.2, 0.25) is 10.0 Å². The second kappa shape index (κ2) is 7.83. The van der Waals surface area contributed by atoms with Crippen LogP contribution in [0.25, 0.3) is 0 Å². The Kier molecular flexibility index (Phi) is 6.09. The summed E-state index contributed by atoms with van der Waals surface area (Å²) in [7, 11) is 0. The molecule has 0 aliphatic carbocycles. The van der Waals surface area contributed by atoms with E-state index in [1.54, 1.807) is 6.20 Å². The zero-order valence-corrected chi connectivity index (χ0v) is 14.0. The number of hydrogen-bond donors (Lipinski definition) is 1. The van der Waals surface area contributed by atoms with Crippen LogP contribution >= 0.6 is 23.2 Å². The van der Waals surface area contributed by atoms with Gasteiger partial charge in [0.1, 0.15) is 0 Å². The van der Waals surface area contributed by atoms with Gasteiger partial charge in [0.05, 0.1) is 23.0 Å². The molecular weight excluding hydrogens is 305 g/mol. The number of halogens is 2. The molecule has 0 amide bonds. The Morgan fingerprint density at radius 1 is 1.19 bits per heavy atom. The second-order valence-electron chi connectivity index (χ2n) is 5.03. The third-order valence-electron chi connectivity index (χ3n) is 3.46. The number of aryl methyl sites for hydroxylation is 1. The van der Waals surface area contributed by atoms with Crippen LogP contribution in [0.15, 0.2) is 30.5 Å². The molecule has 1 unspecified atom stereocenters. The van der Waals surface area contributed by atoms with Crippen LogP contribution in [0.5, 0.6) is 0 Å². The molecule has 0 radical (unpaired) electrons. The molecule has 0 spiro atoms. The van der Waals surface area contributed by atoms with E-state index in [1.807, 2.05) is 16.8 Å². The van der Waals surface area contributed by atoms with Crippen LogP contribution in [0, 0.1) is 0 Å². The maximum absolute atomic E-state index is 6.34. The molecule has 2 rings (SSSR count). The molecule has 0 aliphatic rings. The van der Waals surface area contributed by atoms with Crippen molar-refractivity contribution in [3.63, 3.8) is 0 Å². The van der Waals surface area contributed by atoms with Gasteiger partial charge in [-0.05, 0) is 44.0 Å². The lowest BCUT2D eigenvalue weighted by Gasteiger charge is -2.20. The molecule has 3 nitrogen and oxygen atoms in total. The van der Waals surface area contributed by atoms with Gasteiger partial charge in [0, 0.05) is 11.6 Å². The van der Waals surface area contributed by atoms with E-state index in [2.05, 4.69) is 36.4 Å². The summed E-state index contributed by atoms with van der Waals surface area (Å²) in [5.41, 5.74) is 2.29. The Labute approximate surface area is 136 Å². The van der Waals surface area contributed by atoms with E-state index < -0.39 is 0 Å². The molecule has 0 aliphatic heterocycles. The molecule has 0 saturated carbocycles. The summed E-state index contributed by atoms with van der Waals surface area (Å²) in [6.07, 6.45) is 3.67. The summed E-state index contributed by atoms with van der Waals surface area (Å²) >= 11 is 12.3. The first kappa shape index (κ1) is 16.3. The average Bonchev–Trinajstić information content (AvgIpc) is 2.86. The van der Waals surface area contributed by atoms with Crippen molar-refractivity contribution < 1.29 is 0 Å². The molecule has 2 aromatic rings. The Hall–Kier alpha value is -1.03. The van der Waals surface area contributed by atoms with E-state index in [9.17, 15) is 0 Å². The highest BCUT2D eigenvalue weighted by Gasteiger charge is 2.19. The molecule has 0 saturated heterocycles. The Morgan fingerprint density at radius 2 is 1.90 bits per heavy atom. The third-order valence-corrected chi connectivity index (χ3v) is 4.00. The maximum atomic E-state index is 6.34. The predicted molar refractivity (Wildman–Crippen MR) is 89.1 cm³/mol. The normalized spacial score (nSPS) is 12.6. The summed E-state index contributed by atoms with van der Waals surface area (Å²) in [5, 5.41) is 9.39. The van der Waals surface area contributed by atoms with Gasteiger partial charge in [0.25, 0.3) is 0 Å². The van der Waals surface area contributed by atoms with Crippen LogP contribution in [0.3, 0.4) is 0 Å². The van der Waals surface area contributed by atoms with Crippen molar-refractivity contribution in [3.8, 4) is 0 Å². The SMILES string of the molecule is CCCNC(Cc1ccc(Cl)cc1)c1c(Cl)cnn1CC. The topological polar surface area (TPSA) is 29.9 Å². The van der Waals surface area contributed by atoms with E-state index >= 15 is 0 Å². The van der Waals surface area contributed by atoms with Crippen LogP contribution < -0.4 is 5.32 Å². The van der Waals surface area contributed by atoms with Crippen molar-refractivity contribution in [2.24, 2.45) is 0 Å². The van der Waals surface area contributed by atoms with Gasteiger partial charge in [-0.1, -0.05) is 42.3 Å². The molecular formula is C16H21Cl2N3. The molecule has 1 heterocycles. The minimum Gasteiger partial charge on any atom is -0.308 e. The summed E-state index contributed by atoms with van der Waals surface area (Å²) < 4.78 is 1.96. The second-order valence-corrected chi connectivity index (χ2v) is 5.87. The quantitative estimate of drug-likeness (QED) is 0.812. The largest absolute Gasteiger partial charge is 0.308 e. The Morgan fingerprint density at radius 3 is 2.52 bits per heavy atom. The number of rotatable bonds is 7. The fraction of sp³-hybridized carbons (Fsp3) is 0.438. The van der Waals surface area contributed by atoms with E-state index in [4.69, 9.17) is 23.2 Å². The fourth-order valence-electron chi connectivity index (χ4n) is 2.41. The summed E-state index contributed by atoms with van der Waals surface area (Å²) in [5.74, 6) is 0. The Balaban J connectivity index is 2.25. The molecule has 1 aromatic heterocycles. The highest BCUT2D eigenvalue weighted by Crippen LogP contribution is 2.26. The molecule has 0 fully saturated rings. The van der Waals surface area contributed by atoms with Gasteiger partial charge in [-0.2, -0.15) is 5.10 Å². The van der Waals surface area contributed by atoms with Crippen molar-refractivity contribution in [3.05, 3.63) is 51.8 Å².